The molecule has 0 spiro atoms. The number of hydrogen-bond donors (Lipinski definition) is 0. The third-order valence-electron chi connectivity index (χ3n) is 1.23. The van der Waals surface area contributed by atoms with Crippen molar-refractivity contribution >= 4 is 19.0 Å². The van der Waals surface area contributed by atoms with Crippen molar-refractivity contribution in [3.8, 4) is 0 Å². The average Bonchev–Trinajstić information content (AvgIpc) is 1.86. The van der Waals surface area contributed by atoms with Crippen molar-refractivity contribution in [2.45, 2.75) is 25.4 Å². The molecule has 62 valence electrons. The number of halogens is 1. The molecule has 0 N–H and O–H groups in total. The van der Waals surface area contributed by atoms with E-state index in [9.17, 15) is 4.57 Å². The van der Waals surface area contributed by atoms with E-state index in [4.69, 9.17) is 16.1 Å². The average molecular weight is 185 g/mol. The Balaban J connectivity index is 3.97. The van der Waals surface area contributed by atoms with Gasteiger partial charge in [-0.05, 0) is 13.3 Å². The lowest BCUT2D eigenvalue weighted by atomic mass is 10.6. The SMILES string of the molecule is CCOP(C)(=O)C(Cl)CC. The molecule has 0 aromatic heterocycles. The van der Waals surface area contributed by atoms with E-state index in [-0.39, 0.29) is 5.12 Å². The summed E-state index contributed by atoms with van der Waals surface area (Å²) in [5.74, 6) is 0. The highest BCUT2D eigenvalue weighted by molar-refractivity contribution is 7.60. The summed E-state index contributed by atoms with van der Waals surface area (Å²) in [4.78, 5) is 0. The maximum absolute atomic E-state index is 11.4. The Kier molecular flexibility index (Phi) is 4.59. The smallest absolute Gasteiger partial charge is 0.217 e. The van der Waals surface area contributed by atoms with E-state index < -0.39 is 7.37 Å². The molecule has 4 heteroatoms. The first-order chi connectivity index (χ1) is 4.54. The van der Waals surface area contributed by atoms with Crippen molar-refractivity contribution in [2.75, 3.05) is 13.3 Å². The summed E-state index contributed by atoms with van der Waals surface area (Å²) in [6, 6.07) is 0. The van der Waals surface area contributed by atoms with Crippen LogP contribution in [0.2, 0.25) is 0 Å². The van der Waals surface area contributed by atoms with Crippen LogP contribution in [0.25, 0.3) is 0 Å². The lowest BCUT2D eigenvalue weighted by Gasteiger charge is -2.16. The fourth-order valence-electron chi connectivity index (χ4n) is 0.669. The van der Waals surface area contributed by atoms with Crippen LogP contribution in [-0.2, 0) is 9.09 Å². The molecular formula is C6H14ClO2P. The second kappa shape index (κ2) is 4.38. The summed E-state index contributed by atoms with van der Waals surface area (Å²) < 4.78 is 16.4. The topological polar surface area (TPSA) is 26.3 Å². The molecule has 0 saturated heterocycles. The minimum absolute atomic E-state index is 0.326. The van der Waals surface area contributed by atoms with Gasteiger partial charge in [0.25, 0.3) is 0 Å². The Hall–Kier alpha value is 0.480. The summed E-state index contributed by atoms with van der Waals surface area (Å²) in [5.41, 5.74) is 0. The van der Waals surface area contributed by atoms with Crippen LogP contribution in [-0.4, -0.2) is 18.4 Å². The molecule has 0 aromatic carbocycles. The first-order valence-electron chi connectivity index (χ1n) is 3.40. The third kappa shape index (κ3) is 3.05. The predicted molar refractivity (Wildman–Crippen MR) is 45.1 cm³/mol. The standard InChI is InChI=1S/C6H14ClO2P/c1-4-6(7)10(3,8)9-5-2/h6H,4-5H2,1-3H3. The van der Waals surface area contributed by atoms with Crippen LogP contribution >= 0.6 is 19.0 Å². The Bertz CT molecular complexity index is 138. The van der Waals surface area contributed by atoms with Crippen molar-refractivity contribution in [2.24, 2.45) is 0 Å². The van der Waals surface area contributed by atoms with Gasteiger partial charge in [0.2, 0.25) is 7.37 Å². The Morgan fingerprint density at radius 3 is 2.40 bits per heavy atom. The zero-order valence-corrected chi connectivity index (χ0v) is 8.28. The molecule has 0 aromatic rings. The molecule has 0 rings (SSSR count). The van der Waals surface area contributed by atoms with Crippen molar-refractivity contribution in [3.05, 3.63) is 0 Å². The van der Waals surface area contributed by atoms with Crippen LogP contribution in [0.1, 0.15) is 20.3 Å². The van der Waals surface area contributed by atoms with E-state index in [1.807, 2.05) is 13.8 Å². The van der Waals surface area contributed by atoms with Crippen LogP contribution in [0, 0.1) is 0 Å². The van der Waals surface area contributed by atoms with Gasteiger partial charge in [0.15, 0.2) is 0 Å². The minimum atomic E-state index is -2.52. The first kappa shape index (κ1) is 10.5. The monoisotopic (exact) mass is 184 g/mol. The van der Waals surface area contributed by atoms with Gasteiger partial charge in [0.1, 0.15) is 5.12 Å². The van der Waals surface area contributed by atoms with Gasteiger partial charge in [-0.15, -0.1) is 11.6 Å². The van der Waals surface area contributed by atoms with Gasteiger partial charge in [0.05, 0.1) is 6.61 Å². The second-order valence-corrected chi connectivity index (χ2v) is 5.70. The molecule has 2 atom stereocenters. The van der Waals surface area contributed by atoms with E-state index in [0.717, 1.165) is 0 Å². The fraction of sp³-hybridized carbons (Fsp3) is 1.00. The molecule has 0 amide bonds. The highest BCUT2D eigenvalue weighted by atomic mass is 35.5. The normalized spacial score (nSPS) is 20.0. The molecule has 0 bridgehead atoms. The Morgan fingerprint density at radius 2 is 2.10 bits per heavy atom. The largest absolute Gasteiger partial charge is 0.328 e. The molecular weight excluding hydrogens is 170 g/mol. The van der Waals surface area contributed by atoms with Crippen LogP contribution in [0.4, 0.5) is 0 Å². The van der Waals surface area contributed by atoms with Gasteiger partial charge in [0, 0.05) is 6.66 Å². The molecule has 0 aliphatic rings. The fourth-order valence-corrected chi connectivity index (χ4v) is 2.18. The maximum atomic E-state index is 11.4. The Labute approximate surface area is 67.4 Å². The summed E-state index contributed by atoms with van der Waals surface area (Å²) in [6.07, 6.45) is 0.690. The quantitative estimate of drug-likeness (QED) is 0.496. The van der Waals surface area contributed by atoms with Gasteiger partial charge in [-0.2, -0.15) is 0 Å². The molecule has 10 heavy (non-hydrogen) atoms. The summed E-state index contributed by atoms with van der Waals surface area (Å²) in [6.45, 7) is 5.76. The van der Waals surface area contributed by atoms with Crippen molar-refractivity contribution in [1.82, 2.24) is 0 Å². The van der Waals surface area contributed by atoms with Gasteiger partial charge >= 0.3 is 0 Å². The predicted octanol–water partition coefficient (Wildman–Crippen LogP) is 2.91. The van der Waals surface area contributed by atoms with Crippen molar-refractivity contribution in [1.29, 1.82) is 0 Å². The summed E-state index contributed by atoms with van der Waals surface area (Å²) >= 11 is 5.75. The van der Waals surface area contributed by atoms with Gasteiger partial charge in [-0.3, -0.25) is 4.57 Å². The molecule has 0 heterocycles. The minimum Gasteiger partial charge on any atom is -0.328 e. The molecule has 2 nitrogen and oxygen atoms in total. The van der Waals surface area contributed by atoms with E-state index in [0.29, 0.717) is 13.0 Å². The molecule has 0 fully saturated rings. The summed E-state index contributed by atoms with van der Waals surface area (Å²) in [7, 11) is -2.52. The highest BCUT2D eigenvalue weighted by Gasteiger charge is 2.24. The summed E-state index contributed by atoms with van der Waals surface area (Å²) in [5, 5.41) is -0.326. The first-order valence-corrected chi connectivity index (χ1v) is 5.98. The number of hydrogen-bond acceptors (Lipinski definition) is 2. The third-order valence-corrected chi connectivity index (χ3v) is 4.76. The van der Waals surface area contributed by atoms with Crippen LogP contribution < -0.4 is 0 Å². The maximum Gasteiger partial charge on any atom is 0.217 e. The molecule has 0 saturated carbocycles. The van der Waals surface area contributed by atoms with Crippen molar-refractivity contribution in [3.63, 3.8) is 0 Å². The zero-order valence-electron chi connectivity index (χ0n) is 6.63. The zero-order chi connectivity index (χ0) is 8.20. The number of rotatable bonds is 4. The van der Waals surface area contributed by atoms with E-state index in [1.54, 1.807) is 6.66 Å². The molecule has 0 radical (unpaired) electrons. The highest BCUT2D eigenvalue weighted by Crippen LogP contribution is 2.51. The van der Waals surface area contributed by atoms with Gasteiger partial charge in [-0.25, -0.2) is 0 Å². The van der Waals surface area contributed by atoms with Crippen LogP contribution in [0.15, 0.2) is 0 Å². The van der Waals surface area contributed by atoms with Gasteiger partial charge < -0.3 is 4.52 Å². The van der Waals surface area contributed by atoms with Gasteiger partial charge in [-0.1, -0.05) is 6.92 Å². The molecule has 2 unspecified atom stereocenters. The van der Waals surface area contributed by atoms with E-state index in [2.05, 4.69) is 0 Å². The number of alkyl halides is 1. The Morgan fingerprint density at radius 1 is 1.60 bits per heavy atom. The second-order valence-electron chi connectivity index (χ2n) is 2.17. The van der Waals surface area contributed by atoms with E-state index in [1.165, 1.54) is 0 Å². The van der Waals surface area contributed by atoms with Crippen LogP contribution in [0.3, 0.4) is 0 Å². The molecule has 0 aliphatic heterocycles. The lowest BCUT2D eigenvalue weighted by Crippen LogP contribution is -2.00. The van der Waals surface area contributed by atoms with Crippen LogP contribution in [0.5, 0.6) is 0 Å². The van der Waals surface area contributed by atoms with E-state index >= 15 is 0 Å². The molecule has 0 aliphatic carbocycles. The lowest BCUT2D eigenvalue weighted by molar-refractivity contribution is 0.334. The van der Waals surface area contributed by atoms with Crippen molar-refractivity contribution < 1.29 is 9.09 Å².